The van der Waals surface area contributed by atoms with Crippen LogP contribution in [0.2, 0.25) is 0 Å². The molecule has 25 heavy (non-hydrogen) atoms. The first-order valence-corrected chi connectivity index (χ1v) is 8.20. The van der Waals surface area contributed by atoms with E-state index in [-0.39, 0.29) is 5.91 Å². The zero-order chi connectivity index (χ0) is 17.6. The molecule has 2 aromatic heterocycles. The van der Waals surface area contributed by atoms with Crippen molar-refractivity contribution in [2.45, 2.75) is 6.92 Å². The minimum absolute atomic E-state index is 0.0334. The standard InChI is InChI=1S/C18H19N5O2/c1-2-25-17-4-3-15(13-21-17)18(24)23-9-7-22(8-10-23)16-11-14(12-19)5-6-20-16/h3-6,11,13H,2,7-10H2,1H3. The van der Waals surface area contributed by atoms with E-state index in [4.69, 9.17) is 10.00 Å². The van der Waals surface area contributed by atoms with Gasteiger partial charge < -0.3 is 14.5 Å². The molecular weight excluding hydrogens is 318 g/mol. The number of aromatic nitrogens is 2. The van der Waals surface area contributed by atoms with Gasteiger partial charge in [0.15, 0.2) is 0 Å². The third kappa shape index (κ3) is 3.86. The summed E-state index contributed by atoms with van der Waals surface area (Å²) < 4.78 is 5.30. The molecule has 7 nitrogen and oxygen atoms in total. The summed E-state index contributed by atoms with van der Waals surface area (Å²) in [5.74, 6) is 1.26. The summed E-state index contributed by atoms with van der Waals surface area (Å²) in [6, 6.07) is 9.03. The van der Waals surface area contributed by atoms with Crippen molar-refractivity contribution in [3.05, 3.63) is 47.8 Å². The van der Waals surface area contributed by atoms with Gasteiger partial charge in [-0.15, -0.1) is 0 Å². The highest BCUT2D eigenvalue weighted by molar-refractivity contribution is 5.94. The van der Waals surface area contributed by atoms with E-state index in [0.29, 0.717) is 49.8 Å². The largest absolute Gasteiger partial charge is 0.478 e. The maximum Gasteiger partial charge on any atom is 0.255 e. The predicted molar refractivity (Wildman–Crippen MR) is 92.5 cm³/mol. The van der Waals surface area contributed by atoms with Gasteiger partial charge in [-0.1, -0.05) is 0 Å². The maximum atomic E-state index is 12.6. The Morgan fingerprint density at radius 3 is 2.68 bits per heavy atom. The Morgan fingerprint density at radius 2 is 2.04 bits per heavy atom. The van der Waals surface area contributed by atoms with E-state index in [9.17, 15) is 4.79 Å². The zero-order valence-corrected chi connectivity index (χ0v) is 14.1. The van der Waals surface area contributed by atoms with Crippen LogP contribution in [0.15, 0.2) is 36.7 Å². The molecule has 0 radical (unpaired) electrons. The molecule has 3 heterocycles. The Labute approximate surface area is 146 Å². The number of carbonyl (C=O) groups is 1. The second kappa shape index (κ2) is 7.62. The van der Waals surface area contributed by atoms with Gasteiger partial charge in [-0.05, 0) is 25.1 Å². The van der Waals surface area contributed by atoms with Gasteiger partial charge >= 0.3 is 0 Å². The summed E-state index contributed by atoms with van der Waals surface area (Å²) in [5, 5.41) is 8.99. The van der Waals surface area contributed by atoms with Crippen molar-refractivity contribution >= 4 is 11.7 Å². The number of piperazine rings is 1. The quantitative estimate of drug-likeness (QED) is 0.845. The van der Waals surface area contributed by atoms with Crippen molar-refractivity contribution in [3.8, 4) is 11.9 Å². The third-order valence-electron chi connectivity index (χ3n) is 4.04. The van der Waals surface area contributed by atoms with Crippen LogP contribution in [0.25, 0.3) is 0 Å². The molecule has 1 saturated heterocycles. The fraction of sp³-hybridized carbons (Fsp3) is 0.333. The van der Waals surface area contributed by atoms with Crippen molar-refractivity contribution < 1.29 is 9.53 Å². The molecule has 0 unspecified atom stereocenters. The van der Waals surface area contributed by atoms with Gasteiger partial charge in [0.25, 0.3) is 5.91 Å². The second-order valence-electron chi connectivity index (χ2n) is 5.61. The summed E-state index contributed by atoms with van der Waals surface area (Å²) in [4.78, 5) is 24.9. The molecule has 1 aliphatic heterocycles. The van der Waals surface area contributed by atoms with Gasteiger partial charge in [-0.25, -0.2) is 9.97 Å². The molecule has 0 N–H and O–H groups in total. The summed E-state index contributed by atoms with van der Waals surface area (Å²) in [6.45, 7) is 5.00. The molecule has 1 aliphatic rings. The smallest absolute Gasteiger partial charge is 0.255 e. The Balaban J connectivity index is 1.61. The van der Waals surface area contributed by atoms with Crippen LogP contribution < -0.4 is 9.64 Å². The van der Waals surface area contributed by atoms with Gasteiger partial charge in [0.1, 0.15) is 5.82 Å². The first-order valence-electron chi connectivity index (χ1n) is 8.20. The molecule has 0 atom stereocenters. The molecule has 0 aromatic carbocycles. The van der Waals surface area contributed by atoms with Crippen molar-refractivity contribution in [2.24, 2.45) is 0 Å². The summed E-state index contributed by atoms with van der Waals surface area (Å²) >= 11 is 0. The van der Waals surface area contributed by atoms with Crippen molar-refractivity contribution in [3.63, 3.8) is 0 Å². The normalized spacial score (nSPS) is 14.1. The van der Waals surface area contributed by atoms with Gasteiger partial charge in [-0.3, -0.25) is 4.79 Å². The highest BCUT2D eigenvalue weighted by Crippen LogP contribution is 2.16. The number of ether oxygens (including phenoxy) is 1. The molecule has 3 rings (SSSR count). The number of nitrogens with zero attached hydrogens (tertiary/aromatic N) is 5. The Kier molecular flexibility index (Phi) is 5.09. The number of amides is 1. The van der Waals surface area contributed by atoms with Crippen LogP contribution in [-0.4, -0.2) is 53.6 Å². The van der Waals surface area contributed by atoms with Crippen LogP contribution in [0.3, 0.4) is 0 Å². The topological polar surface area (TPSA) is 82.4 Å². The molecule has 0 saturated carbocycles. The second-order valence-corrected chi connectivity index (χ2v) is 5.61. The highest BCUT2D eigenvalue weighted by Gasteiger charge is 2.23. The van der Waals surface area contributed by atoms with Crippen molar-refractivity contribution in [2.75, 3.05) is 37.7 Å². The molecule has 0 bridgehead atoms. The third-order valence-corrected chi connectivity index (χ3v) is 4.04. The Hall–Kier alpha value is -3.14. The fourth-order valence-electron chi connectivity index (χ4n) is 2.72. The average molecular weight is 337 g/mol. The minimum atomic E-state index is -0.0334. The molecule has 1 amide bonds. The van der Waals surface area contributed by atoms with E-state index in [1.165, 1.54) is 0 Å². The van der Waals surface area contributed by atoms with Crippen molar-refractivity contribution in [1.82, 2.24) is 14.9 Å². The van der Waals surface area contributed by atoms with Gasteiger partial charge in [0, 0.05) is 44.6 Å². The molecule has 0 spiro atoms. The molecular formula is C18H19N5O2. The lowest BCUT2D eigenvalue weighted by molar-refractivity contribution is 0.0746. The number of carbonyl (C=O) groups excluding carboxylic acids is 1. The summed E-state index contributed by atoms with van der Waals surface area (Å²) in [5.41, 5.74) is 1.14. The molecule has 0 aliphatic carbocycles. The van der Waals surface area contributed by atoms with Crippen LogP contribution in [-0.2, 0) is 0 Å². The van der Waals surface area contributed by atoms with Gasteiger partial charge in [0.05, 0.1) is 23.8 Å². The van der Waals surface area contributed by atoms with Crippen LogP contribution in [0, 0.1) is 11.3 Å². The number of anilines is 1. The van der Waals surface area contributed by atoms with Crippen LogP contribution in [0.1, 0.15) is 22.8 Å². The number of hydrogen-bond donors (Lipinski definition) is 0. The van der Waals surface area contributed by atoms with E-state index >= 15 is 0 Å². The summed E-state index contributed by atoms with van der Waals surface area (Å²) in [6.07, 6.45) is 3.19. The zero-order valence-electron chi connectivity index (χ0n) is 14.1. The van der Waals surface area contributed by atoms with E-state index < -0.39 is 0 Å². The number of pyridine rings is 2. The van der Waals surface area contributed by atoms with Gasteiger partial charge in [0.2, 0.25) is 5.88 Å². The number of hydrogen-bond acceptors (Lipinski definition) is 6. The lowest BCUT2D eigenvalue weighted by atomic mass is 10.2. The lowest BCUT2D eigenvalue weighted by Gasteiger charge is -2.35. The average Bonchev–Trinajstić information content (AvgIpc) is 2.68. The molecule has 7 heteroatoms. The summed E-state index contributed by atoms with van der Waals surface area (Å²) in [7, 11) is 0. The molecule has 1 fully saturated rings. The Morgan fingerprint density at radius 1 is 1.24 bits per heavy atom. The van der Waals surface area contributed by atoms with E-state index in [0.717, 1.165) is 5.82 Å². The van der Waals surface area contributed by atoms with Crippen LogP contribution >= 0.6 is 0 Å². The molecule has 2 aromatic rings. The number of rotatable bonds is 4. The first kappa shape index (κ1) is 16.7. The minimum Gasteiger partial charge on any atom is -0.478 e. The fourth-order valence-corrected chi connectivity index (χ4v) is 2.72. The van der Waals surface area contributed by atoms with E-state index in [1.807, 2.05) is 11.8 Å². The number of nitriles is 1. The molecule has 128 valence electrons. The van der Waals surface area contributed by atoms with E-state index in [1.54, 1.807) is 36.7 Å². The maximum absolute atomic E-state index is 12.6. The van der Waals surface area contributed by atoms with Crippen molar-refractivity contribution in [1.29, 1.82) is 5.26 Å². The van der Waals surface area contributed by atoms with Gasteiger partial charge in [-0.2, -0.15) is 5.26 Å². The predicted octanol–water partition coefficient (Wildman–Crippen LogP) is 1.71. The first-order chi connectivity index (χ1) is 12.2. The SMILES string of the molecule is CCOc1ccc(C(=O)N2CCN(c3cc(C#N)ccn3)CC2)cn1. The van der Waals surface area contributed by atoms with Crippen LogP contribution in [0.5, 0.6) is 5.88 Å². The lowest BCUT2D eigenvalue weighted by Crippen LogP contribution is -2.49. The Bertz CT molecular complexity index is 777. The highest BCUT2D eigenvalue weighted by atomic mass is 16.5. The van der Waals surface area contributed by atoms with Crippen LogP contribution in [0.4, 0.5) is 5.82 Å². The monoisotopic (exact) mass is 337 g/mol. The van der Waals surface area contributed by atoms with E-state index in [2.05, 4.69) is 20.9 Å².